The number of carboxylic acid groups (broad SMARTS) is 3. The molecule has 432 valence electrons. The van der Waals surface area contributed by atoms with Crippen LogP contribution in [0.5, 0.6) is 0 Å². The van der Waals surface area contributed by atoms with E-state index in [0.717, 1.165) is 57.8 Å². The maximum atomic E-state index is 10.4. The Morgan fingerprint density at radius 2 is 0.365 bits per heavy atom. The molecule has 0 bridgehead atoms. The molecule has 0 aromatic rings. The van der Waals surface area contributed by atoms with Crippen LogP contribution in [0.4, 0.5) is 0 Å². The van der Waals surface area contributed by atoms with Crippen molar-refractivity contribution in [3.63, 3.8) is 0 Å². The van der Waals surface area contributed by atoms with E-state index in [0.29, 0.717) is 19.3 Å². The lowest BCUT2D eigenvalue weighted by Crippen LogP contribution is -1.93. The van der Waals surface area contributed by atoms with E-state index in [9.17, 15) is 14.4 Å². The zero-order valence-corrected chi connectivity index (χ0v) is 49.3. The Morgan fingerprint density at radius 3 is 0.527 bits per heavy atom. The first-order chi connectivity index (χ1) is 36.3. The molecule has 6 nitrogen and oxygen atoms in total. The minimum Gasteiger partial charge on any atom is -0.481 e. The molecule has 0 atom stereocenters. The molecule has 0 aromatic heterocycles. The predicted octanol–water partition coefficient (Wildman–Crippen LogP) is 23.1. The molecule has 0 fully saturated rings. The predicted molar refractivity (Wildman–Crippen MR) is 326 cm³/mol. The average Bonchev–Trinajstić information content (AvgIpc) is 3.38. The molecule has 0 aliphatic heterocycles. The van der Waals surface area contributed by atoms with Crippen molar-refractivity contribution in [2.45, 2.75) is 342 Å². The summed E-state index contributed by atoms with van der Waals surface area (Å²) in [5.74, 6) is -1.98. The second kappa shape index (κ2) is 71.9. The number of carboxylic acids is 3. The first-order valence-corrected chi connectivity index (χ1v) is 31.9. The highest BCUT2D eigenvalue weighted by Gasteiger charge is 2.00. The van der Waals surface area contributed by atoms with E-state index in [1.165, 1.54) is 244 Å². The molecule has 0 saturated heterocycles. The quantitative estimate of drug-likeness (QED) is 0.0413. The Morgan fingerprint density at radius 1 is 0.216 bits per heavy atom. The third-order valence-corrected chi connectivity index (χ3v) is 13.5. The van der Waals surface area contributed by atoms with Crippen LogP contribution in [0.15, 0.2) is 72.9 Å². The highest BCUT2D eigenvalue weighted by atomic mass is 16.4. The average molecular weight is 1040 g/mol. The van der Waals surface area contributed by atoms with Gasteiger partial charge in [-0.1, -0.05) is 280 Å². The second-order valence-corrected chi connectivity index (χ2v) is 21.1. The lowest BCUT2D eigenvalue weighted by atomic mass is 10.0. The first kappa shape index (κ1) is 75.1. The van der Waals surface area contributed by atoms with E-state index >= 15 is 0 Å². The van der Waals surface area contributed by atoms with Crippen molar-refractivity contribution < 1.29 is 29.7 Å². The minimum absolute atomic E-state index is 0.331. The van der Waals surface area contributed by atoms with E-state index in [4.69, 9.17) is 15.3 Å². The number of rotatable bonds is 56. The molecule has 0 radical (unpaired) electrons. The summed E-state index contributed by atoms with van der Waals surface area (Å²) in [6.45, 7) is 6.75. The molecule has 0 saturated carbocycles. The maximum Gasteiger partial charge on any atom is 0.303 e. The Hall–Kier alpha value is -3.15. The SMILES string of the molecule is CCCCC/C=C/C/C=C/CCCCCCCCCC(=O)O.CCCCC/C=C/C/C=C/CCCCCCCCCCCC(=O)O.CCCCC/C=C/C/C=C/CCCCCCCCCCCCCCCC(=O)O. The molecule has 6 heteroatoms. The highest BCUT2D eigenvalue weighted by molar-refractivity contribution is 5.67. The largest absolute Gasteiger partial charge is 0.481 e. The molecule has 0 amide bonds. The van der Waals surface area contributed by atoms with Crippen LogP contribution in [0, 0.1) is 0 Å². The van der Waals surface area contributed by atoms with E-state index in [-0.39, 0.29) is 0 Å². The highest BCUT2D eigenvalue weighted by Crippen LogP contribution is 2.15. The van der Waals surface area contributed by atoms with E-state index in [1.807, 2.05) is 0 Å². The van der Waals surface area contributed by atoms with Gasteiger partial charge in [-0.2, -0.15) is 0 Å². The molecule has 0 aromatic carbocycles. The zero-order valence-electron chi connectivity index (χ0n) is 49.3. The van der Waals surface area contributed by atoms with Crippen LogP contribution in [-0.2, 0) is 14.4 Å². The van der Waals surface area contributed by atoms with Crippen LogP contribution in [0.2, 0.25) is 0 Å². The summed E-state index contributed by atoms with van der Waals surface area (Å²) < 4.78 is 0. The molecule has 0 aliphatic rings. The number of aliphatic carboxylic acids is 3. The Balaban J connectivity index is -0.00000103. The molecule has 0 rings (SSSR count). The standard InChI is InChI=1S/C26H48O2.C22H40O2.C20H36O2/c1-2-3-4-5-6-7-8-9-10-11-12-13-14-15-16-17-18-19-20-21-22-23-24-25-26(27)28;1-2-3-4-5-6-7-8-9-10-11-12-13-14-15-16-17-18-19-20-21-22(23)24;1-2-3-4-5-6-7-8-9-10-11-12-13-14-15-16-17-18-19-20(21)22/h6-7,9-10H,2-5,8,11-25H2,1H3,(H,27,28);6-7,9-10H,2-5,8,11-21H2,1H3,(H,23,24);6-7,9-10H,2-5,8,11-19H2,1H3,(H,21,22)/b3*7-6+,10-9+. The zero-order chi connectivity index (χ0) is 54.6. The first-order valence-electron chi connectivity index (χ1n) is 31.9. The van der Waals surface area contributed by atoms with Gasteiger partial charge < -0.3 is 15.3 Å². The van der Waals surface area contributed by atoms with Crippen LogP contribution < -0.4 is 0 Å². The third-order valence-electron chi connectivity index (χ3n) is 13.5. The van der Waals surface area contributed by atoms with Crippen molar-refractivity contribution in [3.8, 4) is 0 Å². The van der Waals surface area contributed by atoms with Crippen LogP contribution in [-0.4, -0.2) is 33.2 Å². The van der Waals surface area contributed by atoms with Gasteiger partial charge in [0.05, 0.1) is 0 Å². The van der Waals surface area contributed by atoms with Gasteiger partial charge in [0, 0.05) is 19.3 Å². The van der Waals surface area contributed by atoms with Gasteiger partial charge in [0.2, 0.25) is 0 Å². The fourth-order valence-electron chi connectivity index (χ4n) is 8.74. The fraction of sp³-hybridized carbons (Fsp3) is 0.779. The van der Waals surface area contributed by atoms with Crippen molar-refractivity contribution in [1.29, 1.82) is 0 Å². The van der Waals surface area contributed by atoms with Crippen molar-refractivity contribution in [2.24, 2.45) is 0 Å². The molecule has 0 aliphatic carbocycles. The van der Waals surface area contributed by atoms with E-state index < -0.39 is 17.9 Å². The van der Waals surface area contributed by atoms with Crippen LogP contribution >= 0.6 is 0 Å². The molecule has 3 N–H and O–H groups in total. The van der Waals surface area contributed by atoms with Gasteiger partial charge in [-0.15, -0.1) is 0 Å². The summed E-state index contributed by atoms with van der Waals surface area (Å²) in [4.78, 5) is 31.1. The van der Waals surface area contributed by atoms with Crippen molar-refractivity contribution in [1.82, 2.24) is 0 Å². The number of hydrogen-bond acceptors (Lipinski definition) is 3. The molecule has 0 spiro atoms. The minimum atomic E-state index is -0.664. The van der Waals surface area contributed by atoms with E-state index in [1.54, 1.807) is 0 Å². The number of unbranched alkanes of at least 4 members (excludes halogenated alkanes) is 38. The smallest absolute Gasteiger partial charge is 0.303 e. The summed E-state index contributed by atoms with van der Waals surface area (Å²) in [6, 6.07) is 0. The topological polar surface area (TPSA) is 112 Å². The Labute approximate surface area is 460 Å². The third kappa shape index (κ3) is 82.9. The number of allylic oxidation sites excluding steroid dienone is 12. The van der Waals surface area contributed by atoms with Gasteiger partial charge >= 0.3 is 17.9 Å². The lowest BCUT2D eigenvalue weighted by Gasteiger charge is -2.03. The van der Waals surface area contributed by atoms with Crippen LogP contribution in [0.3, 0.4) is 0 Å². The Kier molecular flexibility index (Phi) is 73.0. The van der Waals surface area contributed by atoms with Crippen molar-refractivity contribution in [2.75, 3.05) is 0 Å². The van der Waals surface area contributed by atoms with Gasteiger partial charge in [-0.25, -0.2) is 0 Å². The second-order valence-electron chi connectivity index (χ2n) is 21.1. The van der Waals surface area contributed by atoms with Crippen molar-refractivity contribution >= 4 is 17.9 Å². The van der Waals surface area contributed by atoms with Crippen LogP contribution in [0.25, 0.3) is 0 Å². The summed E-state index contributed by atoms with van der Waals surface area (Å²) in [7, 11) is 0. The maximum absolute atomic E-state index is 10.4. The number of hydrogen-bond donors (Lipinski definition) is 3. The monoisotopic (exact) mass is 1040 g/mol. The van der Waals surface area contributed by atoms with Gasteiger partial charge in [-0.3, -0.25) is 14.4 Å². The Bertz CT molecular complexity index is 1290. The van der Waals surface area contributed by atoms with Crippen molar-refractivity contribution in [3.05, 3.63) is 72.9 Å². The van der Waals surface area contributed by atoms with Gasteiger partial charge in [0.1, 0.15) is 0 Å². The van der Waals surface area contributed by atoms with E-state index in [2.05, 4.69) is 93.7 Å². The normalized spacial score (nSPS) is 11.7. The molecule has 0 heterocycles. The molecular weight excluding hydrogens is 913 g/mol. The lowest BCUT2D eigenvalue weighted by molar-refractivity contribution is -0.138. The van der Waals surface area contributed by atoms with Crippen LogP contribution in [0.1, 0.15) is 342 Å². The molecule has 74 heavy (non-hydrogen) atoms. The summed E-state index contributed by atoms with van der Waals surface area (Å²) in [6.07, 6.45) is 87.4. The number of carbonyl (C=O) groups is 3. The molecule has 0 unspecified atom stereocenters. The fourth-order valence-corrected chi connectivity index (χ4v) is 8.74. The van der Waals surface area contributed by atoms with Gasteiger partial charge in [0.25, 0.3) is 0 Å². The van der Waals surface area contributed by atoms with Gasteiger partial charge in [-0.05, 0) is 116 Å². The summed E-state index contributed by atoms with van der Waals surface area (Å²) in [5, 5.41) is 25.7. The summed E-state index contributed by atoms with van der Waals surface area (Å²) >= 11 is 0. The molecular formula is C68H124O6. The van der Waals surface area contributed by atoms with Gasteiger partial charge in [0.15, 0.2) is 0 Å². The summed E-state index contributed by atoms with van der Waals surface area (Å²) in [5.41, 5.74) is 0.